The quantitative estimate of drug-likeness (QED) is 0.405. The fourth-order valence-corrected chi connectivity index (χ4v) is 5.00. The number of hydrogen-bond donors (Lipinski definition) is 1. The summed E-state index contributed by atoms with van der Waals surface area (Å²) in [4.78, 5) is 25.5. The van der Waals surface area contributed by atoms with Gasteiger partial charge in [-0.1, -0.05) is 48.4 Å². The number of nitrogens with zero attached hydrogens (tertiary/aromatic N) is 3. The van der Waals surface area contributed by atoms with Crippen LogP contribution in [0.2, 0.25) is 5.02 Å². The Labute approximate surface area is 192 Å². The maximum absolute atomic E-state index is 12.5. The van der Waals surface area contributed by atoms with E-state index >= 15 is 0 Å². The van der Waals surface area contributed by atoms with E-state index in [0.717, 1.165) is 34.7 Å². The normalized spacial score (nSPS) is 10.9. The monoisotopic (exact) mass is 480 g/mol. The predicted octanol–water partition coefficient (Wildman–Crippen LogP) is 5.57. The van der Waals surface area contributed by atoms with Crippen molar-refractivity contribution in [2.75, 3.05) is 5.32 Å². The first-order chi connectivity index (χ1) is 14.5. The minimum absolute atomic E-state index is 0.145. The highest BCUT2D eigenvalue weighted by molar-refractivity contribution is 7.73. The number of hydrogen-bond acceptors (Lipinski definition) is 7. The molecule has 0 radical (unpaired) electrons. The van der Waals surface area contributed by atoms with E-state index in [9.17, 15) is 9.59 Å². The molecule has 2 aromatic heterocycles. The third kappa shape index (κ3) is 6.28. The molecule has 0 aliphatic heterocycles. The summed E-state index contributed by atoms with van der Waals surface area (Å²) in [6, 6.07) is 8.85. The minimum atomic E-state index is -0.172. The van der Waals surface area contributed by atoms with E-state index < -0.39 is 0 Å². The van der Waals surface area contributed by atoms with Crippen molar-refractivity contribution < 1.29 is 4.79 Å². The first kappa shape index (κ1) is 22.7. The van der Waals surface area contributed by atoms with Crippen molar-refractivity contribution >= 4 is 57.5 Å². The summed E-state index contributed by atoms with van der Waals surface area (Å²) in [6.45, 7) is 2.51. The lowest BCUT2D eigenvalue weighted by atomic mass is 10.2. The van der Waals surface area contributed by atoms with Crippen molar-refractivity contribution in [3.63, 3.8) is 0 Å². The molecular formula is C20H21ClN4O2S3. The number of carbonyl (C=O) groups excluding carboxylic acids is 1. The number of benzene rings is 1. The first-order valence-electron chi connectivity index (χ1n) is 9.59. The van der Waals surface area contributed by atoms with Crippen LogP contribution in [0.25, 0.3) is 10.4 Å². The van der Waals surface area contributed by atoms with Crippen molar-refractivity contribution in [3.05, 3.63) is 54.7 Å². The molecule has 0 aliphatic rings. The Bertz CT molecular complexity index is 1090. The number of amides is 1. The maximum Gasteiger partial charge on any atom is 0.253 e. The van der Waals surface area contributed by atoms with Crippen LogP contribution in [0.4, 0.5) is 5.13 Å². The Kier molecular flexibility index (Phi) is 8.26. The number of aromatic nitrogens is 3. The number of halogens is 1. The third-order valence-corrected chi connectivity index (χ3v) is 6.90. The highest BCUT2D eigenvalue weighted by atomic mass is 35.5. The summed E-state index contributed by atoms with van der Waals surface area (Å²) < 4.78 is 2.01. The largest absolute Gasteiger partial charge is 0.301 e. The summed E-state index contributed by atoms with van der Waals surface area (Å²) in [5, 5.41) is 12.9. The molecule has 30 heavy (non-hydrogen) atoms. The molecule has 3 rings (SSSR count). The summed E-state index contributed by atoms with van der Waals surface area (Å²) >= 11 is 14.1. The number of aryl methyl sites for hydroxylation is 1. The van der Waals surface area contributed by atoms with Gasteiger partial charge in [0.2, 0.25) is 11.0 Å². The molecule has 0 atom stereocenters. The second-order valence-electron chi connectivity index (χ2n) is 6.63. The molecule has 1 aromatic carbocycles. The van der Waals surface area contributed by atoms with Crippen LogP contribution in [-0.2, 0) is 17.8 Å². The standard InChI is InChI=1S/C20H21ClN4O2S3/c1-2-3-6-17-23-24-19(30-17)22-16(26)5-4-11-25-18(27)12-15(29-20(25)28)13-7-9-14(21)10-8-13/h7-10,12H,2-6,11H2,1H3,(H,22,24,26). The summed E-state index contributed by atoms with van der Waals surface area (Å²) in [7, 11) is 0. The Hall–Kier alpha value is -1.94. The van der Waals surface area contributed by atoms with Gasteiger partial charge in [0.25, 0.3) is 5.56 Å². The molecule has 0 spiro atoms. The highest BCUT2D eigenvalue weighted by Gasteiger charge is 2.10. The average molecular weight is 481 g/mol. The molecule has 0 saturated carbocycles. The van der Waals surface area contributed by atoms with Gasteiger partial charge in [-0.25, -0.2) is 0 Å². The number of unbranched alkanes of at least 4 members (excludes halogenated alkanes) is 1. The predicted molar refractivity (Wildman–Crippen MR) is 126 cm³/mol. The van der Waals surface area contributed by atoms with Crippen LogP contribution in [-0.4, -0.2) is 20.7 Å². The fraction of sp³-hybridized carbons (Fsp3) is 0.350. The Morgan fingerprint density at radius 2 is 1.97 bits per heavy atom. The number of rotatable bonds is 9. The minimum Gasteiger partial charge on any atom is -0.301 e. The lowest BCUT2D eigenvalue weighted by Gasteiger charge is -2.07. The van der Waals surface area contributed by atoms with E-state index in [1.807, 2.05) is 12.1 Å². The molecule has 0 aliphatic carbocycles. The summed E-state index contributed by atoms with van der Waals surface area (Å²) in [5.41, 5.74) is 0.725. The van der Waals surface area contributed by atoms with Gasteiger partial charge in [0.1, 0.15) is 5.01 Å². The number of carbonyl (C=O) groups is 1. The van der Waals surface area contributed by atoms with E-state index in [1.165, 1.54) is 27.2 Å². The molecule has 1 amide bonds. The van der Waals surface area contributed by atoms with Crippen LogP contribution < -0.4 is 10.9 Å². The second kappa shape index (κ2) is 10.9. The molecule has 0 unspecified atom stereocenters. The molecule has 3 aromatic rings. The third-order valence-electron chi connectivity index (χ3n) is 4.31. The molecule has 10 heteroatoms. The van der Waals surface area contributed by atoms with Gasteiger partial charge in [-0.2, -0.15) is 0 Å². The van der Waals surface area contributed by atoms with Crippen molar-refractivity contribution in [3.8, 4) is 10.4 Å². The van der Waals surface area contributed by atoms with Gasteiger partial charge in [0.15, 0.2) is 3.95 Å². The zero-order valence-corrected chi connectivity index (χ0v) is 19.6. The van der Waals surface area contributed by atoms with Crippen LogP contribution in [0.15, 0.2) is 35.1 Å². The van der Waals surface area contributed by atoms with Gasteiger partial charge in [-0.15, -0.1) is 21.5 Å². The van der Waals surface area contributed by atoms with E-state index in [1.54, 1.807) is 18.2 Å². The van der Waals surface area contributed by atoms with Gasteiger partial charge in [0, 0.05) is 35.4 Å². The van der Waals surface area contributed by atoms with E-state index in [2.05, 4.69) is 22.4 Å². The Balaban J connectivity index is 1.56. The van der Waals surface area contributed by atoms with Crippen molar-refractivity contribution in [2.24, 2.45) is 0 Å². The van der Waals surface area contributed by atoms with Gasteiger partial charge < -0.3 is 5.32 Å². The molecule has 0 bridgehead atoms. The zero-order valence-electron chi connectivity index (χ0n) is 16.4. The van der Waals surface area contributed by atoms with Crippen molar-refractivity contribution in [1.82, 2.24) is 14.8 Å². The zero-order chi connectivity index (χ0) is 21.5. The smallest absolute Gasteiger partial charge is 0.253 e. The maximum atomic E-state index is 12.5. The number of nitrogens with one attached hydrogen (secondary N) is 1. The van der Waals surface area contributed by atoms with E-state index in [-0.39, 0.29) is 17.9 Å². The van der Waals surface area contributed by atoms with Crippen LogP contribution >= 0.6 is 46.5 Å². The van der Waals surface area contributed by atoms with Crippen molar-refractivity contribution in [1.29, 1.82) is 0 Å². The molecule has 158 valence electrons. The molecular weight excluding hydrogens is 460 g/mol. The van der Waals surface area contributed by atoms with Crippen LogP contribution in [0.5, 0.6) is 0 Å². The summed E-state index contributed by atoms with van der Waals surface area (Å²) in [5.74, 6) is -0.145. The summed E-state index contributed by atoms with van der Waals surface area (Å²) in [6.07, 6.45) is 3.80. The Morgan fingerprint density at radius 3 is 2.67 bits per heavy atom. The van der Waals surface area contributed by atoms with E-state index in [0.29, 0.717) is 27.1 Å². The van der Waals surface area contributed by atoms with Gasteiger partial charge in [-0.3, -0.25) is 14.2 Å². The molecule has 0 fully saturated rings. The highest BCUT2D eigenvalue weighted by Crippen LogP contribution is 2.24. The van der Waals surface area contributed by atoms with Crippen LogP contribution in [0.1, 0.15) is 37.6 Å². The van der Waals surface area contributed by atoms with Gasteiger partial charge in [-0.05, 0) is 42.8 Å². The van der Waals surface area contributed by atoms with Crippen LogP contribution in [0, 0.1) is 3.95 Å². The lowest BCUT2D eigenvalue weighted by molar-refractivity contribution is -0.116. The van der Waals surface area contributed by atoms with Gasteiger partial charge in [0.05, 0.1) is 0 Å². The SMILES string of the molecule is CCCCc1nnc(NC(=O)CCCn2c(=O)cc(-c3ccc(Cl)cc3)sc2=S)s1. The van der Waals surface area contributed by atoms with Crippen molar-refractivity contribution in [2.45, 2.75) is 45.6 Å². The van der Waals surface area contributed by atoms with Gasteiger partial charge >= 0.3 is 0 Å². The van der Waals surface area contributed by atoms with Crippen LogP contribution in [0.3, 0.4) is 0 Å². The van der Waals surface area contributed by atoms with E-state index in [4.69, 9.17) is 23.8 Å². The fourth-order valence-electron chi connectivity index (χ4n) is 2.73. The molecule has 2 heterocycles. The Morgan fingerprint density at radius 1 is 1.20 bits per heavy atom. The second-order valence-corrected chi connectivity index (χ2v) is 9.80. The topological polar surface area (TPSA) is 76.9 Å². The average Bonchev–Trinajstić information content (AvgIpc) is 3.16. The molecule has 1 N–H and O–H groups in total. The molecule has 0 saturated heterocycles. The lowest BCUT2D eigenvalue weighted by Crippen LogP contribution is -2.20. The first-order valence-corrected chi connectivity index (χ1v) is 12.0. The molecule has 6 nitrogen and oxygen atoms in total. The number of anilines is 1.